The summed E-state index contributed by atoms with van der Waals surface area (Å²) in [7, 11) is 0. The van der Waals surface area contributed by atoms with Crippen LogP contribution in [0.25, 0.3) is 5.57 Å². The smallest absolute Gasteiger partial charge is 0.336 e. The van der Waals surface area contributed by atoms with E-state index in [9.17, 15) is 9.90 Å². The third-order valence-corrected chi connectivity index (χ3v) is 10.2. The van der Waals surface area contributed by atoms with Gasteiger partial charge in [0.25, 0.3) is 0 Å². The van der Waals surface area contributed by atoms with Crippen LogP contribution in [0.15, 0.2) is 34.8 Å². The lowest BCUT2D eigenvalue weighted by Crippen LogP contribution is -2.41. The average molecular weight is 599 g/mol. The lowest BCUT2D eigenvalue weighted by atomic mass is 9.83. The van der Waals surface area contributed by atoms with Crippen molar-refractivity contribution in [1.82, 2.24) is 4.58 Å². The second-order valence-electron chi connectivity index (χ2n) is 12.0. The van der Waals surface area contributed by atoms with Crippen LogP contribution in [0.3, 0.4) is 0 Å². The van der Waals surface area contributed by atoms with Crippen LogP contribution in [0, 0.1) is 0 Å². The number of anilines is 1. The van der Waals surface area contributed by atoms with Gasteiger partial charge in [-0.05, 0) is 92.8 Å². The number of carbonyl (C=O) groups is 1. The Balaban J connectivity index is 1.54. The molecular formula is C34H34BrN2O3+. The molecule has 0 amide bonds. The second-order valence-corrected chi connectivity index (χ2v) is 13.0. The summed E-state index contributed by atoms with van der Waals surface area (Å²) < 4.78 is 10.6. The molecule has 5 aliphatic heterocycles. The SMILES string of the molecule is O=C(O)c1ccc(Br)cc1C1=c2cc3c4c(c2Oc2c1cc1c5c2CCCN5CCCC1)CCC[N+]=4CCCC3. The molecule has 0 aromatic heterocycles. The standard InChI is InChI=1S/C34H33BrN2O3/c35-22-11-12-23(34(38)39)26(19-22)29-27-17-20-7-1-3-13-36-15-5-9-24(30(20)36)32(27)40-33-25-10-6-16-37-14-4-2-8-21(31(25)37)18-28(29)33/h11-12,17-19H,1-10,13-16H2/p+1. The molecule has 0 fully saturated rings. The summed E-state index contributed by atoms with van der Waals surface area (Å²) in [6.45, 7) is 4.42. The largest absolute Gasteiger partial charge is 0.478 e. The molecule has 0 unspecified atom stereocenters. The Bertz CT molecular complexity index is 1740. The molecule has 0 saturated heterocycles. The van der Waals surface area contributed by atoms with Gasteiger partial charge in [-0.25, -0.2) is 9.37 Å². The molecule has 204 valence electrons. The van der Waals surface area contributed by atoms with Crippen LogP contribution in [0.1, 0.15) is 82.3 Å². The van der Waals surface area contributed by atoms with Gasteiger partial charge in [-0.15, -0.1) is 0 Å². The number of halogens is 1. The maximum atomic E-state index is 12.6. The zero-order chi connectivity index (χ0) is 27.0. The second kappa shape index (κ2) is 9.47. The van der Waals surface area contributed by atoms with Crippen molar-refractivity contribution in [3.8, 4) is 11.5 Å². The van der Waals surface area contributed by atoms with E-state index in [4.69, 9.17) is 4.74 Å². The van der Waals surface area contributed by atoms with Crippen molar-refractivity contribution in [3.63, 3.8) is 0 Å². The highest BCUT2D eigenvalue weighted by atomic mass is 79.9. The van der Waals surface area contributed by atoms with E-state index in [1.807, 2.05) is 12.1 Å². The molecule has 0 aliphatic carbocycles. The number of hydrogen-bond acceptors (Lipinski definition) is 3. The van der Waals surface area contributed by atoms with Crippen molar-refractivity contribution < 1.29 is 14.6 Å². The van der Waals surface area contributed by atoms with Gasteiger partial charge in [0.2, 0.25) is 5.36 Å². The number of nitrogens with zero attached hydrogens (tertiary/aromatic N) is 2. The Kier molecular flexibility index (Phi) is 5.84. The monoisotopic (exact) mass is 597 g/mol. The predicted octanol–water partition coefficient (Wildman–Crippen LogP) is 5.36. The van der Waals surface area contributed by atoms with Crippen LogP contribution < -0.4 is 24.8 Å². The average Bonchev–Trinajstić information content (AvgIpc) is 3.30. The van der Waals surface area contributed by atoms with E-state index in [1.165, 1.54) is 59.0 Å². The highest BCUT2D eigenvalue weighted by Crippen LogP contribution is 2.48. The number of aromatic carboxylic acids is 1. The van der Waals surface area contributed by atoms with E-state index in [0.717, 1.165) is 103 Å². The summed E-state index contributed by atoms with van der Waals surface area (Å²) in [6.07, 6.45) is 11.1. The zero-order valence-corrected chi connectivity index (χ0v) is 24.4. The third kappa shape index (κ3) is 3.71. The Morgan fingerprint density at radius 2 is 1.62 bits per heavy atom. The van der Waals surface area contributed by atoms with Crippen LogP contribution in [0.5, 0.6) is 11.5 Å². The molecule has 40 heavy (non-hydrogen) atoms. The topological polar surface area (TPSA) is 52.8 Å². The molecule has 6 heteroatoms. The van der Waals surface area contributed by atoms with Crippen molar-refractivity contribution in [1.29, 1.82) is 0 Å². The fraction of sp³-hybridized carbons (Fsp3) is 0.412. The maximum Gasteiger partial charge on any atom is 0.336 e. The minimum atomic E-state index is -0.894. The first kappa shape index (κ1) is 24.7. The van der Waals surface area contributed by atoms with Crippen molar-refractivity contribution in [2.75, 3.05) is 31.1 Å². The molecule has 0 radical (unpaired) electrons. The number of fused-ring (bicyclic) bond motifs is 4. The number of benzene rings is 3. The summed E-state index contributed by atoms with van der Waals surface area (Å²) in [6, 6.07) is 10.3. The van der Waals surface area contributed by atoms with Crippen molar-refractivity contribution in [2.24, 2.45) is 0 Å². The highest BCUT2D eigenvalue weighted by Gasteiger charge is 2.35. The summed E-state index contributed by atoms with van der Waals surface area (Å²) in [5, 5.41) is 12.8. The molecule has 3 aromatic rings. The minimum absolute atomic E-state index is 0.340. The van der Waals surface area contributed by atoms with E-state index < -0.39 is 5.97 Å². The minimum Gasteiger partial charge on any atom is -0.478 e. The first-order valence-electron chi connectivity index (χ1n) is 15.0. The molecule has 0 spiro atoms. The van der Waals surface area contributed by atoms with Crippen molar-refractivity contribution in [3.05, 3.63) is 84.3 Å². The number of hydrogen-bond donors (Lipinski definition) is 1. The lowest BCUT2D eigenvalue weighted by Gasteiger charge is -2.35. The van der Waals surface area contributed by atoms with Gasteiger partial charge in [0.15, 0.2) is 0 Å². The molecule has 5 nitrogen and oxygen atoms in total. The molecule has 0 saturated carbocycles. The summed E-state index contributed by atoms with van der Waals surface area (Å²) in [5.41, 5.74) is 10.0. The predicted molar refractivity (Wildman–Crippen MR) is 161 cm³/mol. The Morgan fingerprint density at radius 3 is 2.52 bits per heavy atom. The fourth-order valence-electron chi connectivity index (χ4n) is 8.03. The van der Waals surface area contributed by atoms with Gasteiger partial charge in [0.1, 0.15) is 24.6 Å². The zero-order valence-electron chi connectivity index (χ0n) is 22.8. The summed E-state index contributed by atoms with van der Waals surface area (Å²) >= 11 is 3.67. The first-order valence-corrected chi connectivity index (χ1v) is 15.8. The van der Waals surface area contributed by atoms with Gasteiger partial charge in [-0.2, -0.15) is 0 Å². The molecule has 3 aromatic carbocycles. The Hall–Kier alpha value is -3.12. The summed E-state index contributed by atoms with van der Waals surface area (Å²) in [4.78, 5) is 15.2. The van der Waals surface area contributed by atoms with E-state index in [-0.39, 0.29) is 0 Å². The summed E-state index contributed by atoms with van der Waals surface area (Å²) in [5.74, 6) is 1.03. The molecule has 1 N–H and O–H groups in total. The van der Waals surface area contributed by atoms with Crippen LogP contribution >= 0.6 is 15.9 Å². The van der Waals surface area contributed by atoms with Crippen LogP contribution in [0.4, 0.5) is 5.69 Å². The van der Waals surface area contributed by atoms with E-state index in [2.05, 4.69) is 37.5 Å². The quantitative estimate of drug-likeness (QED) is 0.316. The van der Waals surface area contributed by atoms with E-state index in [0.29, 0.717) is 5.56 Å². The molecule has 5 aliphatic rings. The normalized spacial score (nSPS) is 19.0. The number of carboxylic acid groups (broad SMARTS) is 1. The van der Waals surface area contributed by atoms with Crippen LogP contribution in [-0.2, 0) is 25.7 Å². The number of rotatable bonds is 2. The van der Waals surface area contributed by atoms with Gasteiger partial charge in [-0.3, -0.25) is 0 Å². The van der Waals surface area contributed by atoms with Crippen LogP contribution in [-0.4, -0.2) is 37.3 Å². The van der Waals surface area contributed by atoms with E-state index in [1.54, 1.807) is 6.07 Å². The maximum absolute atomic E-state index is 12.6. The van der Waals surface area contributed by atoms with Gasteiger partial charge < -0.3 is 14.7 Å². The number of aryl methyl sites for hydroxylation is 2. The fourth-order valence-corrected chi connectivity index (χ4v) is 8.39. The van der Waals surface area contributed by atoms with Gasteiger partial charge in [0, 0.05) is 63.6 Å². The molecule has 0 atom stereocenters. The third-order valence-electron chi connectivity index (χ3n) is 9.67. The van der Waals surface area contributed by atoms with E-state index >= 15 is 0 Å². The molecular weight excluding hydrogens is 564 g/mol. The van der Waals surface area contributed by atoms with Gasteiger partial charge in [-0.1, -0.05) is 15.9 Å². The molecule has 8 rings (SSSR count). The van der Waals surface area contributed by atoms with Crippen molar-refractivity contribution in [2.45, 2.75) is 64.2 Å². The Labute approximate surface area is 242 Å². The van der Waals surface area contributed by atoms with Gasteiger partial charge in [0.05, 0.1) is 11.1 Å². The van der Waals surface area contributed by atoms with Crippen molar-refractivity contribution >= 4 is 33.2 Å². The first-order chi connectivity index (χ1) is 19.6. The van der Waals surface area contributed by atoms with Gasteiger partial charge >= 0.3 is 5.97 Å². The lowest BCUT2D eigenvalue weighted by molar-refractivity contribution is 0.0696. The highest BCUT2D eigenvalue weighted by molar-refractivity contribution is 9.10. The number of carboxylic acids is 1. The molecule has 0 bridgehead atoms. The van der Waals surface area contributed by atoms with Crippen LogP contribution in [0.2, 0.25) is 0 Å². The number of ether oxygens (including phenoxy) is 1. The Morgan fingerprint density at radius 1 is 0.825 bits per heavy atom. The molecule has 5 heterocycles.